The van der Waals surface area contributed by atoms with Gasteiger partial charge in [0.2, 0.25) is 11.8 Å². The summed E-state index contributed by atoms with van der Waals surface area (Å²) in [5, 5.41) is 9.90. The van der Waals surface area contributed by atoms with Crippen molar-refractivity contribution in [1.82, 2.24) is 9.80 Å². The second kappa shape index (κ2) is 9.19. The van der Waals surface area contributed by atoms with E-state index in [1.165, 1.54) is 4.90 Å². The molecular formula is C21H29N3O4. The summed E-state index contributed by atoms with van der Waals surface area (Å²) in [7, 11) is 0. The topological polar surface area (TPSA) is 104 Å². The van der Waals surface area contributed by atoms with Crippen molar-refractivity contribution >= 4 is 17.8 Å². The molecule has 1 aromatic rings. The van der Waals surface area contributed by atoms with E-state index >= 15 is 0 Å². The van der Waals surface area contributed by atoms with Gasteiger partial charge in [-0.1, -0.05) is 30.3 Å². The van der Waals surface area contributed by atoms with Crippen LogP contribution in [0.1, 0.15) is 44.1 Å². The Hall–Kier alpha value is -2.41. The Morgan fingerprint density at radius 1 is 1.18 bits per heavy atom. The van der Waals surface area contributed by atoms with Crippen LogP contribution in [-0.4, -0.2) is 63.9 Å². The molecule has 2 amide bonds. The lowest BCUT2D eigenvalue weighted by Gasteiger charge is -2.45. The molecule has 2 aliphatic heterocycles. The first-order valence-electron chi connectivity index (χ1n) is 10.1. The summed E-state index contributed by atoms with van der Waals surface area (Å²) in [6.45, 7) is 1.09. The van der Waals surface area contributed by atoms with Crippen LogP contribution >= 0.6 is 0 Å². The number of rotatable bonds is 9. The molecule has 28 heavy (non-hydrogen) atoms. The molecule has 1 aromatic carbocycles. The zero-order valence-electron chi connectivity index (χ0n) is 16.1. The first kappa shape index (κ1) is 20.3. The van der Waals surface area contributed by atoms with E-state index in [0.717, 1.165) is 18.4 Å². The van der Waals surface area contributed by atoms with E-state index in [1.54, 1.807) is 4.90 Å². The number of carbonyl (C=O) groups is 3. The van der Waals surface area contributed by atoms with Crippen LogP contribution < -0.4 is 5.73 Å². The zero-order chi connectivity index (χ0) is 20.1. The fourth-order valence-corrected chi connectivity index (χ4v) is 4.37. The maximum Gasteiger partial charge on any atom is 0.326 e. The van der Waals surface area contributed by atoms with Crippen LogP contribution in [0.4, 0.5) is 0 Å². The van der Waals surface area contributed by atoms with Gasteiger partial charge in [0.1, 0.15) is 18.1 Å². The molecule has 2 heterocycles. The summed E-state index contributed by atoms with van der Waals surface area (Å²) in [4.78, 5) is 41.4. The predicted octanol–water partition coefficient (Wildman–Crippen LogP) is 1.40. The zero-order valence-corrected chi connectivity index (χ0v) is 16.1. The van der Waals surface area contributed by atoms with E-state index < -0.39 is 24.1 Å². The Morgan fingerprint density at radius 3 is 2.61 bits per heavy atom. The van der Waals surface area contributed by atoms with E-state index in [9.17, 15) is 19.5 Å². The quantitative estimate of drug-likeness (QED) is 0.624. The lowest BCUT2D eigenvalue weighted by molar-refractivity contribution is -0.168. The minimum atomic E-state index is -1.05. The summed E-state index contributed by atoms with van der Waals surface area (Å²) in [5.74, 6) is -1.37. The van der Waals surface area contributed by atoms with Crippen molar-refractivity contribution in [2.45, 2.75) is 63.1 Å². The average molecular weight is 387 g/mol. The molecular weight excluding hydrogens is 358 g/mol. The van der Waals surface area contributed by atoms with Crippen LogP contribution in [0.3, 0.4) is 0 Å². The van der Waals surface area contributed by atoms with Gasteiger partial charge in [0.15, 0.2) is 0 Å². The molecule has 2 saturated heterocycles. The van der Waals surface area contributed by atoms with Crippen LogP contribution in [-0.2, 0) is 20.8 Å². The van der Waals surface area contributed by atoms with Crippen LogP contribution in [0.5, 0.6) is 0 Å². The second-order valence-electron chi connectivity index (χ2n) is 7.61. The van der Waals surface area contributed by atoms with E-state index in [4.69, 9.17) is 5.73 Å². The number of carboxylic acid groups (broad SMARTS) is 1. The highest BCUT2D eigenvalue weighted by Gasteiger charge is 2.50. The lowest BCUT2D eigenvalue weighted by Crippen LogP contribution is -2.66. The first-order valence-corrected chi connectivity index (χ1v) is 10.1. The van der Waals surface area contributed by atoms with Crippen molar-refractivity contribution in [2.75, 3.05) is 13.1 Å². The van der Waals surface area contributed by atoms with Crippen molar-refractivity contribution in [3.05, 3.63) is 35.9 Å². The number of aryl methyl sites for hydroxylation is 1. The number of nitrogens with two attached hydrogens (primary N) is 1. The molecule has 0 aromatic heterocycles. The van der Waals surface area contributed by atoms with Crippen molar-refractivity contribution in [1.29, 1.82) is 0 Å². The molecule has 152 valence electrons. The molecule has 3 atom stereocenters. The number of benzene rings is 1. The van der Waals surface area contributed by atoms with Crippen molar-refractivity contribution in [3.8, 4) is 0 Å². The van der Waals surface area contributed by atoms with E-state index in [-0.39, 0.29) is 11.8 Å². The SMILES string of the molecule is NCCCC[C@H]1C(=O)N2CCC[C@@H]2C(=O)N1[C@@H](CCc1ccccc1)C(=O)O. The normalized spacial score (nSPS) is 23.0. The lowest BCUT2D eigenvalue weighted by atomic mass is 9.95. The maximum absolute atomic E-state index is 13.2. The van der Waals surface area contributed by atoms with E-state index in [0.29, 0.717) is 45.2 Å². The van der Waals surface area contributed by atoms with E-state index in [2.05, 4.69) is 0 Å². The number of fused-ring (bicyclic) bond motifs is 1. The van der Waals surface area contributed by atoms with Gasteiger partial charge in [-0.2, -0.15) is 0 Å². The standard InChI is InChI=1S/C21H29N3O4/c22-13-5-4-9-17-19(25)23-14-6-10-16(23)20(26)24(17)18(21(27)28)12-11-15-7-2-1-3-8-15/h1-3,7-8,16-18H,4-6,9-14,22H2,(H,27,28)/t16-,17+,18+/m1/s1. The smallest absolute Gasteiger partial charge is 0.326 e. The van der Waals surface area contributed by atoms with Gasteiger partial charge in [0, 0.05) is 6.54 Å². The molecule has 3 rings (SSSR count). The second-order valence-corrected chi connectivity index (χ2v) is 7.61. The van der Waals surface area contributed by atoms with Crippen molar-refractivity contribution < 1.29 is 19.5 Å². The molecule has 0 spiro atoms. The molecule has 7 nitrogen and oxygen atoms in total. The summed E-state index contributed by atoms with van der Waals surface area (Å²) in [5.41, 5.74) is 6.60. The Labute approximate surface area is 165 Å². The van der Waals surface area contributed by atoms with Crippen LogP contribution in [0.15, 0.2) is 30.3 Å². The number of unbranched alkanes of at least 4 members (excludes halogenated alkanes) is 1. The molecule has 2 aliphatic rings. The van der Waals surface area contributed by atoms with Gasteiger partial charge in [-0.3, -0.25) is 9.59 Å². The molecule has 0 bridgehead atoms. The molecule has 0 unspecified atom stereocenters. The third-order valence-corrected chi connectivity index (χ3v) is 5.80. The first-order chi connectivity index (χ1) is 13.5. The molecule has 0 aliphatic carbocycles. The predicted molar refractivity (Wildman–Crippen MR) is 104 cm³/mol. The third kappa shape index (κ3) is 4.19. The molecule has 7 heteroatoms. The Balaban J connectivity index is 1.83. The Morgan fingerprint density at radius 2 is 1.93 bits per heavy atom. The van der Waals surface area contributed by atoms with Gasteiger partial charge in [-0.25, -0.2) is 4.79 Å². The minimum Gasteiger partial charge on any atom is -0.480 e. The number of carbonyl (C=O) groups excluding carboxylic acids is 2. The number of amides is 2. The molecule has 0 radical (unpaired) electrons. The Kier molecular flexibility index (Phi) is 6.67. The number of hydrogen-bond donors (Lipinski definition) is 2. The monoisotopic (exact) mass is 387 g/mol. The van der Waals surface area contributed by atoms with Gasteiger partial charge >= 0.3 is 5.97 Å². The number of carboxylic acids is 1. The largest absolute Gasteiger partial charge is 0.480 e. The highest BCUT2D eigenvalue weighted by Crippen LogP contribution is 2.31. The average Bonchev–Trinajstić information content (AvgIpc) is 3.18. The number of nitrogens with zero attached hydrogens (tertiary/aromatic N) is 2. The van der Waals surface area contributed by atoms with Gasteiger partial charge in [-0.05, 0) is 57.1 Å². The summed E-state index contributed by atoms with van der Waals surface area (Å²) >= 11 is 0. The minimum absolute atomic E-state index is 0.106. The Bertz CT molecular complexity index is 709. The van der Waals surface area contributed by atoms with Gasteiger partial charge in [0.05, 0.1) is 0 Å². The van der Waals surface area contributed by atoms with Crippen molar-refractivity contribution in [3.63, 3.8) is 0 Å². The number of piperazine rings is 1. The van der Waals surface area contributed by atoms with Crippen LogP contribution in [0.2, 0.25) is 0 Å². The fourth-order valence-electron chi connectivity index (χ4n) is 4.37. The number of hydrogen-bond acceptors (Lipinski definition) is 4. The van der Waals surface area contributed by atoms with Crippen LogP contribution in [0, 0.1) is 0 Å². The fraction of sp³-hybridized carbons (Fsp3) is 0.571. The molecule has 0 saturated carbocycles. The molecule has 3 N–H and O–H groups in total. The maximum atomic E-state index is 13.2. The van der Waals surface area contributed by atoms with Crippen molar-refractivity contribution in [2.24, 2.45) is 5.73 Å². The van der Waals surface area contributed by atoms with Gasteiger partial charge in [0.25, 0.3) is 0 Å². The molecule has 2 fully saturated rings. The summed E-state index contributed by atoms with van der Waals surface area (Å²) in [6, 6.07) is 7.41. The van der Waals surface area contributed by atoms with Gasteiger partial charge in [-0.15, -0.1) is 0 Å². The third-order valence-electron chi connectivity index (χ3n) is 5.80. The summed E-state index contributed by atoms with van der Waals surface area (Å²) < 4.78 is 0. The van der Waals surface area contributed by atoms with Gasteiger partial charge < -0.3 is 20.6 Å². The highest BCUT2D eigenvalue weighted by atomic mass is 16.4. The summed E-state index contributed by atoms with van der Waals surface area (Å²) in [6.07, 6.45) is 4.13. The highest BCUT2D eigenvalue weighted by molar-refractivity contribution is 5.99. The van der Waals surface area contributed by atoms with Crippen LogP contribution in [0.25, 0.3) is 0 Å². The number of aliphatic carboxylic acids is 1. The van der Waals surface area contributed by atoms with E-state index in [1.807, 2.05) is 30.3 Å².